The van der Waals surface area contributed by atoms with Crippen LogP contribution in [0.4, 0.5) is 11.4 Å². The van der Waals surface area contributed by atoms with Crippen molar-refractivity contribution in [1.29, 1.82) is 0 Å². The maximum Gasteiger partial charge on any atom is 0.260 e. The van der Waals surface area contributed by atoms with Gasteiger partial charge < -0.3 is 19.3 Å². The number of hydrogen-bond donors (Lipinski definition) is 2. The zero-order valence-electron chi connectivity index (χ0n) is 34.2. The molecule has 3 fully saturated rings. The highest BCUT2D eigenvalue weighted by molar-refractivity contribution is 6.22. The predicted octanol–water partition coefficient (Wildman–Crippen LogP) is 8.09. The number of ether oxygens (including phenoxy) is 3. The third kappa shape index (κ3) is 6.25. The van der Waals surface area contributed by atoms with Gasteiger partial charge in [-0.05, 0) is 85.3 Å². The number of hydrazine groups is 1. The zero-order valence-corrected chi connectivity index (χ0v) is 34.2. The largest absolute Gasteiger partial charge is 0.504 e. The summed E-state index contributed by atoms with van der Waals surface area (Å²) in [5.74, 6) is -4.14. The van der Waals surface area contributed by atoms with E-state index in [4.69, 9.17) is 14.2 Å². The second kappa shape index (κ2) is 15.5. The van der Waals surface area contributed by atoms with Gasteiger partial charge in [-0.25, -0.2) is 0 Å². The zero-order chi connectivity index (χ0) is 42.6. The van der Waals surface area contributed by atoms with Gasteiger partial charge in [0.15, 0.2) is 11.5 Å². The molecule has 0 bridgehead atoms. The number of phenols is 1. The Morgan fingerprint density at radius 2 is 1.48 bits per heavy atom. The van der Waals surface area contributed by atoms with E-state index in [-0.39, 0.29) is 36.2 Å². The SMILES string of the molecule is COc1ccc(OC)c(C=Cc2ccc(N3C(=O)[C@H]4[C@H](CC=C5[C@H]4C[C@H]4C(=O)N(Nc6ccc(C)cc6)C(=O)[C@@]4(c4ccccc4)[C@H]5c4cccc(OC)c4O)C3=O)cc2)c1. The van der Waals surface area contributed by atoms with Crippen LogP contribution >= 0.6 is 0 Å². The first-order valence-electron chi connectivity index (χ1n) is 20.3. The molecule has 0 unspecified atom stereocenters. The fraction of sp³-hybridized carbons (Fsp3) is 0.240. The molecule has 308 valence electrons. The number of carbonyl (C=O) groups is 4. The van der Waals surface area contributed by atoms with Crippen molar-refractivity contribution in [2.24, 2.45) is 23.7 Å². The molecule has 0 spiro atoms. The molecule has 4 amide bonds. The number of aryl methyl sites for hydroxylation is 1. The molecular formula is C50H45N3O8. The first-order chi connectivity index (χ1) is 29.6. The quantitative estimate of drug-likeness (QED) is 0.0815. The number of carbonyl (C=O) groups excluding carboxylic acids is 4. The Morgan fingerprint density at radius 3 is 2.18 bits per heavy atom. The summed E-state index contributed by atoms with van der Waals surface area (Å²) in [4.78, 5) is 60.9. The van der Waals surface area contributed by atoms with Crippen LogP contribution in [0.15, 0.2) is 127 Å². The van der Waals surface area contributed by atoms with Gasteiger partial charge in [-0.2, -0.15) is 5.01 Å². The first kappa shape index (κ1) is 39.3. The number of methoxy groups -OCH3 is 3. The van der Waals surface area contributed by atoms with Crippen molar-refractivity contribution in [3.63, 3.8) is 0 Å². The van der Waals surface area contributed by atoms with Gasteiger partial charge in [0.2, 0.25) is 11.8 Å². The lowest BCUT2D eigenvalue weighted by molar-refractivity contribution is -0.138. The number of aromatic hydroxyl groups is 1. The molecule has 6 atom stereocenters. The van der Waals surface area contributed by atoms with Gasteiger partial charge in [0.25, 0.3) is 11.8 Å². The molecule has 11 heteroatoms. The van der Waals surface area contributed by atoms with Crippen LogP contribution in [0.5, 0.6) is 23.0 Å². The van der Waals surface area contributed by atoms with Crippen LogP contribution in [-0.2, 0) is 24.6 Å². The van der Waals surface area contributed by atoms with Crippen LogP contribution in [0.2, 0.25) is 0 Å². The lowest BCUT2D eigenvalue weighted by Crippen LogP contribution is -2.53. The van der Waals surface area contributed by atoms with E-state index in [1.165, 1.54) is 12.0 Å². The fourth-order valence-electron chi connectivity index (χ4n) is 10.2. The molecule has 2 N–H and O–H groups in total. The van der Waals surface area contributed by atoms with Crippen molar-refractivity contribution in [3.05, 3.63) is 155 Å². The summed E-state index contributed by atoms with van der Waals surface area (Å²) in [6, 6.07) is 34.5. The number of nitrogens with one attached hydrogen (secondary N) is 1. The Hall–Kier alpha value is -7.14. The van der Waals surface area contributed by atoms with Gasteiger partial charge in [0.1, 0.15) is 11.5 Å². The van der Waals surface area contributed by atoms with Crippen molar-refractivity contribution >= 4 is 47.2 Å². The number of imide groups is 2. The molecule has 11 nitrogen and oxygen atoms in total. The van der Waals surface area contributed by atoms with E-state index in [9.17, 15) is 19.5 Å². The van der Waals surface area contributed by atoms with E-state index in [2.05, 4.69) is 5.43 Å². The van der Waals surface area contributed by atoms with Crippen molar-refractivity contribution in [3.8, 4) is 23.0 Å². The van der Waals surface area contributed by atoms with E-state index >= 15 is 4.79 Å². The summed E-state index contributed by atoms with van der Waals surface area (Å²) in [5, 5.41) is 13.0. The number of allylic oxidation sites excluding steroid dienone is 2. The molecule has 2 saturated heterocycles. The van der Waals surface area contributed by atoms with Crippen molar-refractivity contribution < 1.29 is 38.5 Å². The second-order valence-corrected chi connectivity index (χ2v) is 16.0. The fourth-order valence-corrected chi connectivity index (χ4v) is 10.2. The Bertz CT molecular complexity index is 2620. The van der Waals surface area contributed by atoms with Gasteiger partial charge in [-0.15, -0.1) is 0 Å². The highest BCUT2D eigenvalue weighted by Gasteiger charge is 2.70. The standard InChI is InChI=1S/C50H45N3O8/c1-29-13-19-33(20-14-29)51-53-47(56)40-28-39-36(44(38-11-8-12-42(61-4)45(38)54)50(40,49(53)58)32-9-6-5-7-10-32)24-25-37-43(39)48(57)52(46(37)55)34-21-16-30(17-22-34)15-18-31-27-35(59-2)23-26-41(31)60-3/h5-24,26-27,37,39-40,43-44,51,54H,25,28H2,1-4H3/t37-,39+,40-,43-,44+,50+/m0/s1. The number of para-hydroxylation sites is 1. The summed E-state index contributed by atoms with van der Waals surface area (Å²) < 4.78 is 16.5. The normalized spacial score (nSPS) is 24.3. The molecular weight excluding hydrogens is 771 g/mol. The maximum atomic E-state index is 15.4. The summed E-state index contributed by atoms with van der Waals surface area (Å²) >= 11 is 0. The van der Waals surface area contributed by atoms with Crippen LogP contribution in [-0.4, -0.2) is 55.1 Å². The third-order valence-corrected chi connectivity index (χ3v) is 13.0. The monoisotopic (exact) mass is 815 g/mol. The summed E-state index contributed by atoms with van der Waals surface area (Å²) in [5.41, 5.74) is 7.00. The van der Waals surface area contributed by atoms with Gasteiger partial charge in [-0.3, -0.25) is 29.5 Å². The van der Waals surface area contributed by atoms with Gasteiger partial charge in [0, 0.05) is 17.0 Å². The Kier molecular flexibility index (Phi) is 9.97. The molecule has 2 heterocycles. The highest BCUT2D eigenvalue weighted by atomic mass is 16.5. The van der Waals surface area contributed by atoms with Crippen molar-refractivity contribution in [1.82, 2.24) is 5.01 Å². The maximum absolute atomic E-state index is 15.4. The number of hydrogen-bond acceptors (Lipinski definition) is 9. The molecule has 1 saturated carbocycles. The van der Waals surface area contributed by atoms with Crippen LogP contribution in [0, 0.1) is 30.6 Å². The second-order valence-electron chi connectivity index (χ2n) is 16.0. The van der Waals surface area contributed by atoms with E-state index in [1.54, 1.807) is 44.6 Å². The lowest BCUT2D eigenvalue weighted by atomic mass is 9.49. The number of fused-ring (bicyclic) bond motifs is 4. The Morgan fingerprint density at radius 1 is 0.738 bits per heavy atom. The Balaban J connectivity index is 1.12. The topological polar surface area (TPSA) is 135 Å². The number of benzene rings is 5. The first-order valence-corrected chi connectivity index (χ1v) is 20.3. The number of phenolic OH excluding ortho intramolecular Hbond substituents is 1. The minimum atomic E-state index is -1.53. The van der Waals surface area contributed by atoms with Crippen LogP contribution in [0.1, 0.15) is 46.6 Å². The molecule has 4 aliphatic rings. The number of anilines is 2. The van der Waals surface area contributed by atoms with Crippen molar-refractivity contribution in [2.75, 3.05) is 31.7 Å². The van der Waals surface area contributed by atoms with Crippen LogP contribution < -0.4 is 24.5 Å². The molecule has 61 heavy (non-hydrogen) atoms. The average Bonchev–Trinajstić information content (AvgIpc) is 3.67. The van der Waals surface area contributed by atoms with Gasteiger partial charge >= 0.3 is 0 Å². The minimum absolute atomic E-state index is 0.129. The van der Waals surface area contributed by atoms with E-state index in [0.717, 1.165) is 27.3 Å². The van der Waals surface area contributed by atoms with Crippen LogP contribution in [0.25, 0.3) is 12.2 Å². The molecule has 0 radical (unpaired) electrons. The summed E-state index contributed by atoms with van der Waals surface area (Å²) in [6.07, 6.45) is 6.16. The smallest absolute Gasteiger partial charge is 0.260 e. The third-order valence-electron chi connectivity index (χ3n) is 13.0. The van der Waals surface area contributed by atoms with E-state index < -0.39 is 46.8 Å². The molecule has 5 aromatic carbocycles. The molecule has 0 aromatic heterocycles. The van der Waals surface area contributed by atoms with Crippen molar-refractivity contribution in [2.45, 2.75) is 31.1 Å². The molecule has 5 aromatic rings. The molecule has 2 aliphatic heterocycles. The van der Waals surface area contributed by atoms with Gasteiger partial charge in [0.05, 0.1) is 55.9 Å². The van der Waals surface area contributed by atoms with Crippen LogP contribution in [0.3, 0.4) is 0 Å². The minimum Gasteiger partial charge on any atom is -0.504 e. The van der Waals surface area contributed by atoms with E-state index in [1.807, 2.05) is 110 Å². The highest BCUT2D eigenvalue weighted by Crippen LogP contribution is 2.65. The number of rotatable bonds is 10. The van der Waals surface area contributed by atoms with E-state index in [0.29, 0.717) is 34.0 Å². The summed E-state index contributed by atoms with van der Waals surface area (Å²) in [6.45, 7) is 1.95. The summed E-state index contributed by atoms with van der Waals surface area (Å²) in [7, 11) is 4.66. The predicted molar refractivity (Wildman–Crippen MR) is 231 cm³/mol. The number of amides is 4. The Labute approximate surface area is 353 Å². The van der Waals surface area contributed by atoms with Gasteiger partial charge in [-0.1, -0.05) is 96.1 Å². The average molecular weight is 816 g/mol. The number of nitrogens with zero attached hydrogens (tertiary/aromatic N) is 2. The molecule has 9 rings (SSSR count). The molecule has 2 aliphatic carbocycles. The lowest BCUT2D eigenvalue weighted by Gasteiger charge is -2.50.